The summed E-state index contributed by atoms with van der Waals surface area (Å²) in [6.45, 7) is 2.59. The Hall–Kier alpha value is -2.93. The van der Waals surface area contributed by atoms with Crippen LogP contribution in [-0.2, 0) is 46.6 Å². The number of carbonyl (C=O) groups excluding carboxylic acids is 3. The van der Waals surface area contributed by atoms with E-state index in [0.29, 0.717) is 25.7 Å². The second kappa shape index (κ2) is 37.7. The molecule has 1 unspecified atom stereocenters. The van der Waals surface area contributed by atoms with Crippen LogP contribution in [0.5, 0.6) is 0 Å². The first-order valence-electron chi connectivity index (χ1n) is 26.0. The van der Waals surface area contributed by atoms with E-state index in [0.717, 1.165) is 82.8 Å². The summed E-state index contributed by atoms with van der Waals surface area (Å²) in [7, 11) is -11.4. The maximum Gasteiger partial charge on any atom is 0.472 e. The molecule has 1 aliphatic carbocycles. The Morgan fingerprint density at radius 2 is 1.42 bits per heavy atom. The first-order chi connectivity index (χ1) is 34.4. The Kier molecular flexibility index (Phi) is 34.2. The van der Waals surface area contributed by atoms with E-state index in [4.69, 9.17) is 23.0 Å². The number of allylic oxidation sites excluding steroid dienone is 9. The molecule has 0 saturated carbocycles. The van der Waals surface area contributed by atoms with Gasteiger partial charge in [-0.3, -0.25) is 28.0 Å². The molecular formula is C52H86O18P2. The maximum absolute atomic E-state index is 13.8. The second-order valence-electron chi connectivity index (χ2n) is 18.5. The molecule has 2 bridgehead atoms. The lowest BCUT2D eigenvalue weighted by molar-refractivity contribution is -0.163. The van der Waals surface area contributed by atoms with Crippen LogP contribution >= 0.6 is 15.6 Å². The number of ether oxygens (including phenoxy) is 2. The van der Waals surface area contributed by atoms with E-state index in [1.807, 2.05) is 6.92 Å². The standard InChI is InChI=1S/C52H86O18P2/c1-3-5-7-8-9-10-11-12-13-14-15-16-17-18-19-20-21-22-23-29-33-46(56)68-42-38-66-45(55)32-28-25-24-27-30-40-34-37-44(54)43(36-35-41(53)31-26-6-4-2)48(58)51(69-71(61,62)63)52(50(60)49(59)47(40)57)70-72(64,65)67-39-42/h10-11,13-14,16-17,24,27,34-37,40-43,47-53,57-60H,3-9,12,15,18-23,25-26,28-33,38-39H2,1-2H3,(H,64,65)(H2,61,62,63)/b11-10-,14-13-,17-16-,27-24-,36-35+,37-34-/t40-,41-,42+,43-,47+,48+,49-,50+,51+,52-/m0/s1. The van der Waals surface area contributed by atoms with Gasteiger partial charge in [0.25, 0.3) is 0 Å². The number of hydrogen-bond donors (Lipinski definition) is 8. The molecule has 1 aliphatic heterocycles. The van der Waals surface area contributed by atoms with E-state index in [1.54, 1.807) is 12.2 Å². The van der Waals surface area contributed by atoms with E-state index in [9.17, 15) is 63.7 Å². The van der Waals surface area contributed by atoms with Gasteiger partial charge in [-0.05, 0) is 76.7 Å². The van der Waals surface area contributed by atoms with Crippen molar-refractivity contribution in [1.82, 2.24) is 0 Å². The van der Waals surface area contributed by atoms with Gasteiger partial charge in [0.2, 0.25) is 0 Å². The number of phosphoric acid groups is 2. The minimum atomic E-state index is -5.76. The van der Waals surface area contributed by atoms with Crippen LogP contribution in [0, 0.1) is 11.8 Å². The van der Waals surface area contributed by atoms with E-state index in [2.05, 4.69) is 43.4 Å². The van der Waals surface area contributed by atoms with Crippen molar-refractivity contribution in [2.45, 2.75) is 210 Å². The van der Waals surface area contributed by atoms with Crippen LogP contribution in [0.15, 0.2) is 72.9 Å². The summed E-state index contributed by atoms with van der Waals surface area (Å²) in [5, 5.41) is 56.6. The van der Waals surface area contributed by atoms with E-state index < -0.39 is 107 Å². The molecule has 18 nitrogen and oxygen atoms in total. The molecule has 1 heterocycles. The van der Waals surface area contributed by atoms with Crippen LogP contribution < -0.4 is 0 Å². The van der Waals surface area contributed by atoms with Crippen LogP contribution in [0.3, 0.4) is 0 Å². The number of carbonyl (C=O) groups is 3. The summed E-state index contributed by atoms with van der Waals surface area (Å²) in [6, 6.07) is 0. The molecule has 0 aromatic heterocycles. The van der Waals surface area contributed by atoms with Gasteiger partial charge < -0.3 is 49.7 Å². The van der Waals surface area contributed by atoms with Gasteiger partial charge in [-0.2, -0.15) is 0 Å². The largest absolute Gasteiger partial charge is 0.472 e. The Morgan fingerprint density at radius 1 is 0.806 bits per heavy atom. The average molecular weight is 1060 g/mol. The van der Waals surface area contributed by atoms with Crippen molar-refractivity contribution in [2.24, 2.45) is 11.8 Å². The number of aliphatic hydroxyl groups excluding tert-OH is 5. The normalized spacial score (nSPS) is 29.3. The van der Waals surface area contributed by atoms with Crippen molar-refractivity contribution in [1.29, 1.82) is 0 Å². The van der Waals surface area contributed by atoms with Crippen molar-refractivity contribution < 1.29 is 86.8 Å². The molecule has 11 atom stereocenters. The number of rotatable bonds is 27. The summed E-state index contributed by atoms with van der Waals surface area (Å²) in [5.41, 5.74) is 0. The van der Waals surface area contributed by atoms with Gasteiger partial charge in [0.1, 0.15) is 31.0 Å². The van der Waals surface area contributed by atoms with E-state index >= 15 is 0 Å². The van der Waals surface area contributed by atoms with Crippen molar-refractivity contribution in [3.8, 4) is 0 Å². The number of fused-ring (bicyclic) bond motifs is 4. The molecule has 0 spiro atoms. The summed E-state index contributed by atoms with van der Waals surface area (Å²) in [5.74, 6) is -5.33. The minimum absolute atomic E-state index is 0.0389. The number of esters is 2. The van der Waals surface area contributed by atoms with Gasteiger partial charge in [0.05, 0.1) is 30.8 Å². The SMILES string of the molecule is CCCCCC/C=C\C/C=C\C/C=C\CCCCCCCCC(=O)O[C@@H]1COC(=O)CCC/C=C\C[C@H]2/C=C\C(=O)[C@H](/C=C/[C@@H](O)CCCCC)[C@@H](O)[C@@H](OP(=O)(O)O)[C@@H](OP(=O)(O)OC1)[C@H](O)[C@@H](O)[C@@H]2O. The topological polar surface area (TPSA) is 293 Å². The molecule has 20 heteroatoms. The maximum atomic E-state index is 13.8. The van der Waals surface area contributed by atoms with Gasteiger partial charge in [-0.25, -0.2) is 9.13 Å². The molecule has 0 radical (unpaired) electrons. The predicted molar refractivity (Wildman–Crippen MR) is 273 cm³/mol. The molecule has 72 heavy (non-hydrogen) atoms. The van der Waals surface area contributed by atoms with Crippen molar-refractivity contribution in [3.63, 3.8) is 0 Å². The summed E-state index contributed by atoms with van der Waals surface area (Å²) < 4.78 is 52.2. The number of ketones is 1. The molecule has 2 rings (SSSR count). The molecule has 0 amide bonds. The Bertz CT molecular complexity index is 1810. The Balaban J connectivity index is 2.19. The first kappa shape index (κ1) is 65.2. The number of hydrogen-bond acceptors (Lipinski definition) is 15. The predicted octanol–water partition coefficient (Wildman–Crippen LogP) is 8.40. The van der Waals surface area contributed by atoms with Gasteiger partial charge in [-0.1, -0.05) is 145 Å². The molecule has 0 aromatic rings. The zero-order chi connectivity index (χ0) is 53.2. The van der Waals surface area contributed by atoms with Crippen molar-refractivity contribution >= 4 is 33.4 Å². The van der Waals surface area contributed by atoms with Crippen molar-refractivity contribution in [3.05, 3.63) is 72.9 Å². The quantitative estimate of drug-likeness (QED) is 0.0166. The lowest BCUT2D eigenvalue weighted by Gasteiger charge is -2.38. The third kappa shape index (κ3) is 29.2. The lowest BCUT2D eigenvalue weighted by atomic mass is 9.87. The molecule has 412 valence electrons. The highest BCUT2D eigenvalue weighted by Gasteiger charge is 2.50. The number of unbranched alkanes of at least 4 members (excludes halogenated alkanes) is 12. The second-order valence-corrected chi connectivity index (χ2v) is 21.1. The first-order valence-corrected chi connectivity index (χ1v) is 29.1. The van der Waals surface area contributed by atoms with Gasteiger partial charge in [-0.15, -0.1) is 0 Å². The number of cyclic esters (lactones) is 1. The van der Waals surface area contributed by atoms with Crippen LogP contribution in [0.4, 0.5) is 0 Å². The monoisotopic (exact) mass is 1060 g/mol. The fourth-order valence-electron chi connectivity index (χ4n) is 8.05. The van der Waals surface area contributed by atoms with Gasteiger partial charge in [0.15, 0.2) is 11.9 Å². The van der Waals surface area contributed by atoms with E-state index in [1.165, 1.54) is 37.8 Å². The van der Waals surface area contributed by atoms with Gasteiger partial charge >= 0.3 is 27.6 Å². The smallest absolute Gasteiger partial charge is 0.462 e. The van der Waals surface area contributed by atoms with Crippen LogP contribution in [0.25, 0.3) is 0 Å². The highest BCUT2D eigenvalue weighted by atomic mass is 31.2. The highest BCUT2D eigenvalue weighted by molar-refractivity contribution is 7.47. The molecule has 2 aliphatic rings. The van der Waals surface area contributed by atoms with Crippen LogP contribution in [0.1, 0.15) is 162 Å². The van der Waals surface area contributed by atoms with Gasteiger partial charge in [0, 0.05) is 18.8 Å². The molecule has 0 fully saturated rings. The average Bonchev–Trinajstić information content (AvgIpc) is 3.33. The zero-order valence-corrected chi connectivity index (χ0v) is 44.2. The van der Waals surface area contributed by atoms with Crippen LogP contribution in [0.2, 0.25) is 0 Å². The Morgan fingerprint density at radius 3 is 2.07 bits per heavy atom. The lowest BCUT2D eigenvalue weighted by Crippen LogP contribution is -2.56. The number of phosphoric ester groups is 2. The molecule has 0 aromatic carbocycles. The van der Waals surface area contributed by atoms with E-state index in [-0.39, 0.29) is 25.7 Å². The number of aliphatic hydroxyl groups is 5. The zero-order valence-electron chi connectivity index (χ0n) is 42.4. The van der Waals surface area contributed by atoms with Crippen molar-refractivity contribution in [2.75, 3.05) is 13.2 Å². The molecule has 0 saturated heterocycles. The fourth-order valence-corrected chi connectivity index (χ4v) is 9.58. The third-order valence-electron chi connectivity index (χ3n) is 12.2. The molecule has 8 N–H and O–H groups in total. The minimum Gasteiger partial charge on any atom is -0.462 e. The fraction of sp³-hybridized carbons (Fsp3) is 0.712. The summed E-state index contributed by atoms with van der Waals surface area (Å²) in [4.78, 5) is 70.6. The molecular weight excluding hydrogens is 975 g/mol. The van der Waals surface area contributed by atoms with Crippen LogP contribution in [-0.4, -0.2) is 120 Å². The Labute approximate surface area is 427 Å². The summed E-state index contributed by atoms with van der Waals surface area (Å²) in [6.07, 6.45) is 20.7. The highest BCUT2D eigenvalue weighted by Crippen LogP contribution is 2.49. The summed E-state index contributed by atoms with van der Waals surface area (Å²) >= 11 is 0. The third-order valence-corrected chi connectivity index (χ3v) is 13.7.